The van der Waals surface area contributed by atoms with Gasteiger partial charge in [-0.1, -0.05) is 12.1 Å². The van der Waals surface area contributed by atoms with Crippen LogP contribution in [-0.4, -0.2) is 30.6 Å². The first-order valence-electron chi connectivity index (χ1n) is 6.54. The van der Waals surface area contributed by atoms with Gasteiger partial charge in [0.2, 0.25) is 0 Å². The maximum Gasteiger partial charge on any atom is 0.322 e. The Balaban J connectivity index is 1.73. The fourth-order valence-electron chi connectivity index (χ4n) is 2.85. The molecule has 0 aromatic heterocycles. The largest absolute Gasteiger partial charge is 0.371 e. The van der Waals surface area contributed by atoms with Gasteiger partial charge >= 0.3 is 6.03 Å². The van der Waals surface area contributed by atoms with E-state index in [2.05, 4.69) is 40.7 Å². The molecule has 3 rings (SSSR count). The van der Waals surface area contributed by atoms with E-state index in [4.69, 9.17) is 0 Å². The molecule has 2 heterocycles. The van der Waals surface area contributed by atoms with E-state index in [1.165, 1.54) is 11.3 Å². The Morgan fingerprint density at radius 2 is 1.95 bits per heavy atom. The summed E-state index contributed by atoms with van der Waals surface area (Å²) in [6.45, 7) is 3.62. The molecule has 5 heteroatoms. The zero-order valence-corrected chi connectivity index (χ0v) is 10.9. The van der Waals surface area contributed by atoms with Crippen LogP contribution in [0.15, 0.2) is 24.3 Å². The van der Waals surface area contributed by atoms with Crippen LogP contribution in [0.2, 0.25) is 0 Å². The molecule has 0 unspecified atom stereocenters. The van der Waals surface area contributed by atoms with Gasteiger partial charge in [-0.05, 0) is 37.5 Å². The summed E-state index contributed by atoms with van der Waals surface area (Å²) >= 11 is 0. The molecule has 2 aliphatic rings. The zero-order chi connectivity index (χ0) is 13.5. The van der Waals surface area contributed by atoms with E-state index in [0.717, 1.165) is 13.1 Å². The number of carbonyl (C=O) groups is 2. The van der Waals surface area contributed by atoms with Crippen LogP contribution in [0.3, 0.4) is 0 Å². The van der Waals surface area contributed by atoms with Crippen LogP contribution < -0.4 is 15.5 Å². The summed E-state index contributed by atoms with van der Waals surface area (Å²) in [6, 6.07) is 7.97. The summed E-state index contributed by atoms with van der Waals surface area (Å²) in [5.74, 6) is -0.179. The van der Waals surface area contributed by atoms with Crippen LogP contribution in [0.4, 0.5) is 10.5 Å². The van der Waals surface area contributed by atoms with Crippen LogP contribution in [0.25, 0.3) is 0 Å². The van der Waals surface area contributed by atoms with Crippen molar-refractivity contribution in [2.24, 2.45) is 0 Å². The van der Waals surface area contributed by atoms with Gasteiger partial charge in [-0.15, -0.1) is 0 Å². The molecule has 2 N–H and O–H groups in total. The molecule has 0 bridgehead atoms. The first-order chi connectivity index (χ1) is 9.09. The number of imide groups is 1. The van der Waals surface area contributed by atoms with Crippen molar-refractivity contribution >= 4 is 17.6 Å². The number of aryl methyl sites for hydroxylation is 1. The number of hydrogen-bond acceptors (Lipinski definition) is 3. The Hall–Kier alpha value is -2.04. The predicted octanol–water partition coefficient (Wildman–Crippen LogP) is 1.17. The first-order valence-corrected chi connectivity index (χ1v) is 6.54. The number of benzene rings is 1. The molecule has 1 spiro atoms. The lowest BCUT2D eigenvalue weighted by molar-refractivity contribution is -0.124. The van der Waals surface area contributed by atoms with Gasteiger partial charge in [-0.25, -0.2) is 4.79 Å². The maximum absolute atomic E-state index is 11.8. The lowest BCUT2D eigenvalue weighted by Crippen LogP contribution is -2.54. The average molecular weight is 259 g/mol. The standard InChI is InChI=1S/C14H17N3O2/c1-10-3-2-4-11(9-10)17-7-5-14(6-8-17)12(18)15-13(19)16-14/h2-4,9H,5-8H2,1H3,(H2,15,16,18,19). The minimum Gasteiger partial charge on any atom is -0.371 e. The highest BCUT2D eigenvalue weighted by Crippen LogP contribution is 2.28. The second kappa shape index (κ2) is 4.26. The molecule has 2 fully saturated rings. The van der Waals surface area contributed by atoms with Crippen LogP contribution in [0.1, 0.15) is 18.4 Å². The fraction of sp³-hybridized carbons (Fsp3) is 0.429. The summed E-state index contributed by atoms with van der Waals surface area (Å²) < 4.78 is 0. The van der Waals surface area contributed by atoms with Gasteiger partial charge in [0, 0.05) is 18.8 Å². The van der Waals surface area contributed by atoms with E-state index in [1.807, 2.05) is 6.07 Å². The van der Waals surface area contributed by atoms with Gasteiger partial charge in [0.05, 0.1) is 0 Å². The molecule has 1 aromatic carbocycles. The maximum atomic E-state index is 11.8. The van der Waals surface area contributed by atoms with Gasteiger partial charge in [0.15, 0.2) is 0 Å². The Bertz CT molecular complexity index is 533. The van der Waals surface area contributed by atoms with E-state index in [-0.39, 0.29) is 11.9 Å². The first kappa shape index (κ1) is 12.0. The van der Waals surface area contributed by atoms with Crippen molar-refractivity contribution in [1.29, 1.82) is 0 Å². The molecule has 19 heavy (non-hydrogen) atoms. The molecule has 1 aromatic rings. The highest BCUT2D eigenvalue weighted by Gasteiger charge is 2.47. The van der Waals surface area contributed by atoms with Crippen molar-refractivity contribution in [3.05, 3.63) is 29.8 Å². The van der Waals surface area contributed by atoms with E-state index >= 15 is 0 Å². The summed E-state index contributed by atoms with van der Waals surface area (Å²) in [5, 5.41) is 5.11. The molecule has 2 saturated heterocycles. The molecule has 100 valence electrons. The SMILES string of the molecule is Cc1cccc(N2CCC3(CC2)NC(=O)NC3=O)c1. The number of nitrogens with zero attached hydrogens (tertiary/aromatic N) is 1. The lowest BCUT2D eigenvalue weighted by Gasteiger charge is -2.38. The van der Waals surface area contributed by atoms with Crippen LogP contribution in [-0.2, 0) is 4.79 Å². The molecule has 0 radical (unpaired) electrons. The van der Waals surface area contributed by atoms with Gasteiger partial charge < -0.3 is 10.2 Å². The van der Waals surface area contributed by atoms with Crippen LogP contribution in [0, 0.1) is 6.92 Å². The van der Waals surface area contributed by atoms with E-state index in [9.17, 15) is 9.59 Å². The van der Waals surface area contributed by atoms with E-state index in [1.54, 1.807) is 0 Å². The number of amides is 3. The normalized spacial score (nSPS) is 21.4. The molecule has 5 nitrogen and oxygen atoms in total. The van der Waals surface area contributed by atoms with Crippen molar-refractivity contribution in [2.45, 2.75) is 25.3 Å². The van der Waals surface area contributed by atoms with Crippen molar-refractivity contribution in [2.75, 3.05) is 18.0 Å². The number of nitrogens with one attached hydrogen (secondary N) is 2. The summed E-state index contributed by atoms with van der Waals surface area (Å²) in [7, 11) is 0. The number of carbonyl (C=O) groups excluding carboxylic acids is 2. The second-order valence-electron chi connectivity index (χ2n) is 5.32. The van der Waals surface area contributed by atoms with Crippen molar-refractivity contribution in [3.8, 4) is 0 Å². The van der Waals surface area contributed by atoms with Crippen molar-refractivity contribution in [3.63, 3.8) is 0 Å². The van der Waals surface area contributed by atoms with E-state index in [0.29, 0.717) is 12.8 Å². The molecular weight excluding hydrogens is 242 g/mol. The van der Waals surface area contributed by atoms with Crippen molar-refractivity contribution < 1.29 is 9.59 Å². The smallest absolute Gasteiger partial charge is 0.322 e. The number of rotatable bonds is 1. The van der Waals surface area contributed by atoms with Gasteiger partial charge in [0.25, 0.3) is 5.91 Å². The number of hydrogen-bond donors (Lipinski definition) is 2. The predicted molar refractivity (Wildman–Crippen MR) is 72.0 cm³/mol. The third kappa shape index (κ3) is 2.05. The summed E-state index contributed by atoms with van der Waals surface area (Å²) in [5.41, 5.74) is 1.72. The number of anilines is 1. The number of piperidine rings is 1. The Kier molecular flexibility index (Phi) is 2.69. The highest BCUT2D eigenvalue weighted by molar-refractivity contribution is 6.07. The highest BCUT2D eigenvalue weighted by atomic mass is 16.2. The van der Waals surface area contributed by atoms with E-state index < -0.39 is 5.54 Å². The lowest BCUT2D eigenvalue weighted by atomic mass is 9.87. The quantitative estimate of drug-likeness (QED) is 0.744. The topological polar surface area (TPSA) is 61.4 Å². The van der Waals surface area contributed by atoms with Crippen LogP contribution in [0.5, 0.6) is 0 Å². The molecule has 0 aliphatic carbocycles. The fourth-order valence-corrected chi connectivity index (χ4v) is 2.85. The third-order valence-corrected chi connectivity index (χ3v) is 4.00. The Morgan fingerprint density at radius 1 is 1.21 bits per heavy atom. The molecule has 2 aliphatic heterocycles. The molecule has 0 atom stereocenters. The summed E-state index contributed by atoms with van der Waals surface area (Å²) in [6.07, 6.45) is 1.30. The summed E-state index contributed by atoms with van der Waals surface area (Å²) in [4.78, 5) is 25.4. The zero-order valence-electron chi connectivity index (χ0n) is 10.9. The average Bonchev–Trinajstić information content (AvgIpc) is 2.65. The third-order valence-electron chi connectivity index (χ3n) is 4.00. The van der Waals surface area contributed by atoms with Gasteiger partial charge in [-0.2, -0.15) is 0 Å². The molecule has 3 amide bonds. The van der Waals surface area contributed by atoms with Gasteiger partial charge in [-0.3, -0.25) is 10.1 Å². The monoisotopic (exact) mass is 259 g/mol. The minimum absolute atomic E-state index is 0.179. The van der Waals surface area contributed by atoms with Crippen molar-refractivity contribution in [1.82, 2.24) is 10.6 Å². The minimum atomic E-state index is -0.683. The molecular formula is C14H17N3O2. The molecule has 0 saturated carbocycles. The Labute approximate surface area is 112 Å². The number of urea groups is 1. The van der Waals surface area contributed by atoms with Crippen LogP contribution >= 0.6 is 0 Å². The second-order valence-corrected chi connectivity index (χ2v) is 5.32. The van der Waals surface area contributed by atoms with Gasteiger partial charge in [0.1, 0.15) is 5.54 Å². The Morgan fingerprint density at radius 3 is 2.53 bits per heavy atom.